The molecule has 0 bridgehead atoms. The number of halogens is 2. The zero-order valence-corrected chi connectivity index (χ0v) is 19.0. The normalized spacial score (nSPS) is 14.3. The topological polar surface area (TPSA) is 105 Å². The molecular formula is C25H28F2N2O5. The minimum absolute atomic E-state index is 0.0220. The van der Waals surface area contributed by atoms with E-state index in [9.17, 15) is 28.3 Å². The average Bonchev–Trinajstić information content (AvgIpc) is 3.10. The minimum Gasteiger partial charge on any atom is -0.480 e. The number of carboxylic acid groups (broad SMARTS) is 1. The second kappa shape index (κ2) is 11.1. The molecule has 1 aliphatic carbocycles. The predicted octanol–water partition coefficient (Wildman–Crippen LogP) is 4.16. The van der Waals surface area contributed by atoms with Gasteiger partial charge in [-0.25, -0.2) is 18.4 Å². The van der Waals surface area contributed by atoms with Gasteiger partial charge < -0.3 is 20.5 Å². The van der Waals surface area contributed by atoms with Crippen molar-refractivity contribution < 1.29 is 33.0 Å². The zero-order valence-electron chi connectivity index (χ0n) is 19.0. The largest absolute Gasteiger partial charge is 0.480 e. The number of amides is 2. The Labute approximate surface area is 196 Å². The number of alkyl halides is 2. The number of carbonyl (C=O) groups is 3. The molecule has 2 atom stereocenters. The van der Waals surface area contributed by atoms with E-state index in [0.717, 1.165) is 22.3 Å². The first-order valence-electron chi connectivity index (χ1n) is 11.1. The van der Waals surface area contributed by atoms with Gasteiger partial charge in [-0.3, -0.25) is 4.79 Å². The summed E-state index contributed by atoms with van der Waals surface area (Å²) in [5.41, 5.74) is 4.02. The molecule has 34 heavy (non-hydrogen) atoms. The molecule has 0 saturated carbocycles. The van der Waals surface area contributed by atoms with Crippen LogP contribution in [0.1, 0.15) is 43.7 Å². The van der Waals surface area contributed by atoms with Crippen molar-refractivity contribution in [2.75, 3.05) is 6.61 Å². The summed E-state index contributed by atoms with van der Waals surface area (Å²) in [5, 5.41) is 13.5. The molecule has 0 heterocycles. The van der Waals surface area contributed by atoms with Gasteiger partial charge in [0, 0.05) is 5.92 Å². The number of aliphatic carboxylic acids is 1. The quantitative estimate of drug-likeness (QED) is 0.480. The maximum Gasteiger partial charge on any atom is 0.407 e. The first kappa shape index (κ1) is 25.1. The summed E-state index contributed by atoms with van der Waals surface area (Å²) in [6, 6.07) is 12.4. The van der Waals surface area contributed by atoms with Gasteiger partial charge >= 0.3 is 12.1 Å². The molecule has 0 fully saturated rings. The maximum absolute atomic E-state index is 13.5. The van der Waals surface area contributed by atoms with E-state index in [2.05, 4.69) is 5.32 Å². The van der Waals surface area contributed by atoms with Crippen molar-refractivity contribution in [3.63, 3.8) is 0 Å². The van der Waals surface area contributed by atoms with Gasteiger partial charge in [0.05, 0.1) is 6.42 Å². The Hall–Kier alpha value is -3.49. The number of nitrogens with one attached hydrogen (secondary N) is 2. The third-order valence-electron chi connectivity index (χ3n) is 5.70. The Balaban J connectivity index is 1.59. The molecule has 2 unspecified atom stereocenters. The summed E-state index contributed by atoms with van der Waals surface area (Å²) in [6.07, 6.45) is -4.74. The molecule has 0 aromatic heterocycles. The Kier molecular flexibility index (Phi) is 8.20. The van der Waals surface area contributed by atoms with Gasteiger partial charge in [-0.05, 0) is 34.6 Å². The van der Waals surface area contributed by atoms with E-state index < -0.39 is 42.9 Å². The summed E-state index contributed by atoms with van der Waals surface area (Å²) < 4.78 is 32.3. The van der Waals surface area contributed by atoms with E-state index in [-0.39, 0.29) is 24.9 Å². The van der Waals surface area contributed by atoms with Crippen molar-refractivity contribution in [3.05, 3.63) is 59.7 Å². The van der Waals surface area contributed by atoms with Gasteiger partial charge in [-0.2, -0.15) is 0 Å². The first-order valence-corrected chi connectivity index (χ1v) is 11.1. The maximum atomic E-state index is 13.5. The van der Waals surface area contributed by atoms with Crippen LogP contribution in [0, 0.1) is 5.92 Å². The zero-order chi connectivity index (χ0) is 24.8. The molecule has 3 rings (SSSR count). The molecule has 2 amide bonds. The number of benzene rings is 2. The number of alkyl carbamates (subject to hydrolysis) is 1. The number of ether oxygens (including phenoxy) is 1. The monoisotopic (exact) mass is 474 g/mol. The average molecular weight is 475 g/mol. The van der Waals surface area contributed by atoms with E-state index in [1.54, 1.807) is 13.8 Å². The van der Waals surface area contributed by atoms with Gasteiger partial charge in [0.15, 0.2) is 0 Å². The van der Waals surface area contributed by atoms with Crippen LogP contribution in [0.4, 0.5) is 13.6 Å². The van der Waals surface area contributed by atoms with Crippen LogP contribution in [-0.2, 0) is 14.3 Å². The van der Waals surface area contributed by atoms with E-state index in [0.29, 0.717) is 0 Å². The highest BCUT2D eigenvalue weighted by Crippen LogP contribution is 2.44. The second-order valence-corrected chi connectivity index (χ2v) is 8.70. The Morgan fingerprint density at radius 2 is 1.53 bits per heavy atom. The first-order chi connectivity index (χ1) is 16.2. The Morgan fingerprint density at radius 1 is 0.971 bits per heavy atom. The lowest BCUT2D eigenvalue weighted by atomic mass is 9.98. The van der Waals surface area contributed by atoms with Crippen LogP contribution in [0.3, 0.4) is 0 Å². The van der Waals surface area contributed by atoms with Gasteiger partial charge in [-0.1, -0.05) is 62.4 Å². The molecule has 7 nitrogen and oxygen atoms in total. The number of rotatable bonds is 10. The fourth-order valence-corrected chi connectivity index (χ4v) is 4.14. The number of carboxylic acids is 1. The third kappa shape index (κ3) is 6.09. The van der Waals surface area contributed by atoms with Crippen LogP contribution in [-0.4, -0.2) is 48.2 Å². The molecule has 1 aliphatic rings. The molecule has 2 aromatic carbocycles. The van der Waals surface area contributed by atoms with Crippen LogP contribution < -0.4 is 10.6 Å². The van der Waals surface area contributed by atoms with E-state index in [4.69, 9.17) is 4.74 Å². The number of hydrogen-bond acceptors (Lipinski definition) is 4. The Bertz CT molecular complexity index is 998. The lowest BCUT2D eigenvalue weighted by Crippen LogP contribution is -2.47. The SMILES string of the molecule is CC(C)CC(NC(=O)CC(NC(=O)OCC1c2ccccc2-c2ccccc21)C(F)F)C(=O)O. The van der Waals surface area contributed by atoms with E-state index in [1.165, 1.54) is 0 Å². The summed E-state index contributed by atoms with van der Waals surface area (Å²) in [6.45, 7) is 3.50. The molecule has 9 heteroatoms. The second-order valence-electron chi connectivity index (χ2n) is 8.70. The van der Waals surface area contributed by atoms with Crippen LogP contribution in [0.5, 0.6) is 0 Å². The highest BCUT2D eigenvalue weighted by atomic mass is 19.3. The lowest BCUT2D eigenvalue weighted by molar-refractivity contribution is -0.142. The molecule has 0 aliphatic heterocycles. The fourth-order valence-electron chi connectivity index (χ4n) is 4.14. The highest BCUT2D eigenvalue weighted by molar-refractivity contribution is 5.84. The van der Waals surface area contributed by atoms with Crippen molar-refractivity contribution in [3.8, 4) is 11.1 Å². The van der Waals surface area contributed by atoms with Crippen LogP contribution in [0.2, 0.25) is 0 Å². The lowest BCUT2D eigenvalue weighted by Gasteiger charge is -2.21. The standard InChI is InChI=1S/C25H28F2N2O5/c1-14(2)11-21(24(31)32)28-22(30)12-20(23(26)27)29-25(33)34-13-19-17-9-5-3-7-15(17)16-8-4-6-10-18(16)19/h3-10,14,19-21,23H,11-13H2,1-2H3,(H,28,30)(H,29,33)(H,31,32). The number of fused-ring (bicyclic) bond motifs is 3. The van der Waals surface area contributed by atoms with Crippen molar-refractivity contribution in [1.29, 1.82) is 0 Å². The van der Waals surface area contributed by atoms with Crippen LogP contribution in [0.15, 0.2) is 48.5 Å². The number of carbonyl (C=O) groups excluding carboxylic acids is 2. The van der Waals surface area contributed by atoms with Gasteiger partial charge in [0.25, 0.3) is 6.43 Å². The molecule has 0 radical (unpaired) electrons. The summed E-state index contributed by atoms with van der Waals surface area (Å²) >= 11 is 0. The fraction of sp³-hybridized carbons (Fsp3) is 0.400. The third-order valence-corrected chi connectivity index (χ3v) is 5.70. The van der Waals surface area contributed by atoms with Gasteiger partial charge in [-0.15, -0.1) is 0 Å². The highest BCUT2D eigenvalue weighted by Gasteiger charge is 2.31. The van der Waals surface area contributed by atoms with Crippen molar-refractivity contribution in [2.24, 2.45) is 5.92 Å². The van der Waals surface area contributed by atoms with Crippen LogP contribution in [0.25, 0.3) is 11.1 Å². The van der Waals surface area contributed by atoms with Crippen molar-refractivity contribution in [1.82, 2.24) is 10.6 Å². The minimum atomic E-state index is -3.04. The van der Waals surface area contributed by atoms with E-state index >= 15 is 0 Å². The summed E-state index contributed by atoms with van der Waals surface area (Å²) in [4.78, 5) is 35.8. The van der Waals surface area contributed by atoms with Crippen molar-refractivity contribution >= 4 is 18.0 Å². The summed E-state index contributed by atoms with van der Waals surface area (Å²) in [5.74, 6) is -2.40. The Morgan fingerprint density at radius 3 is 2.03 bits per heavy atom. The molecule has 0 spiro atoms. The van der Waals surface area contributed by atoms with E-state index in [1.807, 2.05) is 53.8 Å². The van der Waals surface area contributed by atoms with Gasteiger partial charge in [0.2, 0.25) is 5.91 Å². The predicted molar refractivity (Wildman–Crippen MR) is 122 cm³/mol. The summed E-state index contributed by atoms with van der Waals surface area (Å²) in [7, 11) is 0. The van der Waals surface area contributed by atoms with Crippen molar-refractivity contribution in [2.45, 2.75) is 51.1 Å². The smallest absolute Gasteiger partial charge is 0.407 e. The molecule has 2 aromatic rings. The van der Waals surface area contributed by atoms with Gasteiger partial charge in [0.1, 0.15) is 18.7 Å². The molecular weight excluding hydrogens is 446 g/mol. The molecule has 3 N–H and O–H groups in total. The number of hydrogen-bond donors (Lipinski definition) is 3. The van der Waals surface area contributed by atoms with Crippen LogP contribution >= 0.6 is 0 Å². The molecule has 0 saturated heterocycles. The molecule has 182 valence electrons.